The molecule has 1 aliphatic rings. The highest BCUT2D eigenvalue weighted by molar-refractivity contribution is 5.85. The topological polar surface area (TPSA) is 50.4 Å². The van der Waals surface area contributed by atoms with Gasteiger partial charge in [-0.05, 0) is 38.8 Å². The summed E-state index contributed by atoms with van der Waals surface area (Å²) in [5.74, 6) is 0.590. The predicted octanol–water partition coefficient (Wildman–Crippen LogP) is 0.560. The summed E-state index contributed by atoms with van der Waals surface area (Å²) in [5.41, 5.74) is 0. The Morgan fingerprint density at radius 1 is 1.60 bits per heavy atom. The Labute approximate surface area is 97.5 Å². The van der Waals surface area contributed by atoms with Gasteiger partial charge in [-0.25, -0.2) is 0 Å². The molecule has 0 aliphatic carbocycles. The van der Waals surface area contributed by atoms with Crippen molar-refractivity contribution >= 4 is 18.3 Å². The fourth-order valence-electron chi connectivity index (χ4n) is 1.60. The van der Waals surface area contributed by atoms with Crippen molar-refractivity contribution in [3.63, 3.8) is 0 Å². The number of nitrogens with one attached hydrogen (secondary N) is 2. The molecular weight excluding hydrogens is 216 g/mol. The Kier molecular flexibility index (Phi) is 8.76. The molecule has 0 aromatic heterocycles. The molecule has 1 fully saturated rings. The van der Waals surface area contributed by atoms with E-state index in [1.54, 1.807) is 0 Å². The molecular formula is C10H21ClN2O2. The number of piperidine rings is 1. The molecule has 1 saturated heterocycles. The summed E-state index contributed by atoms with van der Waals surface area (Å²) < 4.78 is 5.01. The van der Waals surface area contributed by atoms with Crippen molar-refractivity contribution in [2.75, 3.05) is 32.8 Å². The number of amides is 1. The molecule has 1 heterocycles. The molecule has 0 aromatic carbocycles. The average Bonchev–Trinajstić information content (AvgIpc) is 2.25. The third-order valence-corrected chi connectivity index (χ3v) is 2.42. The van der Waals surface area contributed by atoms with E-state index in [2.05, 4.69) is 10.6 Å². The maximum atomic E-state index is 11.2. The summed E-state index contributed by atoms with van der Waals surface area (Å²) in [6.07, 6.45) is 2.42. The smallest absolute Gasteiger partial charge is 0.246 e. The van der Waals surface area contributed by atoms with E-state index in [0.29, 0.717) is 12.5 Å². The maximum absolute atomic E-state index is 11.2. The third-order valence-electron chi connectivity index (χ3n) is 2.42. The number of carbonyl (C=O) groups excluding carboxylic acids is 1. The minimum absolute atomic E-state index is 0. The molecule has 1 rings (SSSR count). The van der Waals surface area contributed by atoms with Gasteiger partial charge in [-0.3, -0.25) is 4.79 Å². The van der Waals surface area contributed by atoms with Crippen LogP contribution in [0.15, 0.2) is 0 Å². The molecule has 1 unspecified atom stereocenters. The van der Waals surface area contributed by atoms with Gasteiger partial charge in [0, 0.05) is 13.2 Å². The van der Waals surface area contributed by atoms with E-state index in [4.69, 9.17) is 4.74 Å². The fraction of sp³-hybridized carbons (Fsp3) is 0.900. The Morgan fingerprint density at radius 2 is 2.40 bits per heavy atom. The van der Waals surface area contributed by atoms with Crippen molar-refractivity contribution in [2.24, 2.45) is 5.92 Å². The van der Waals surface area contributed by atoms with Crippen molar-refractivity contribution in [1.29, 1.82) is 0 Å². The van der Waals surface area contributed by atoms with E-state index in [1.807, 2.05) is 6.92 Å². The highest BCUT2D eigenvalue weighted by Gasteiger charge is 2.13. The van der Waals surface area contributed by atoms with Crippen molar-refractivity contribution in [3.05, 3.63) is 0 Å². The minimum atomic E-state index is -0.00239. The summed E-state index contributed by atoms with van der Waals surface area (Å²) in [7, 11) is 0. The van der Waals surface area contributed by atoms with Gasteiger partial charge in [-0.15, -0.1) is 12.4 Å². The van der Waals surface area contributed by atoms with Gasteiger partial charge in [-0.1, -0.05) is 0 Å². The van der Waals surface area contributed by atoms with Crippen LogP contribution in [0.4, 0.5) is 0 Å². The lowest BCUT2D eigenvalue weighted by Gasteiger charge is -2.22. The van der Waals surface area contributed by atoms with Gasteiger partial charge >= 0.3 is 0 Å². The Bertz CT molecular complexity index is 173. The van der Waals surface area contributed by atoms with E-state index < -0.39 is 0 Å². The van der Waals surface area contributed by atoms with E-state index in [0.717, 1.165) is 19.6 Å². The minimum Gasteiger partial charge on any atom is -0.372 e. The fourth-order valence-corrected chi connectivity index (χ4v) is 1.60. The summed E-state index contributed by atoms with van der Waals surface area (Å²) in [6.45, 7) is 5.59. The molecule has 2 N–H and O–H groups in total. The first kappa shape index (κ1) is 14.7. The molecule has 0 spiro atoms. The first-order valence-corrected chi connectivity index (χ1v) is 5.38. The normalized spacial score (nSPS) is 20.5. The van der Waals surface area contributed by atoms with Gasteiger partial charge in [0.25, 0.3) is 0 Å². The van der Waals surface area contributed by atoms with E-state index in [9.17, 15) is 4.79 Å². The third kappa shape index (κ3) is 6.71. The Morgan fingerprint density at radius 3 is 3.00 bits per heavy atom. The lowest BCUT2D eigenvalue weighted by molar-refractivity contribution is -0.125. The number of rotatable bonds is 5. The first-order chi connectivity index (χ1) is 6.83. The van der Waals surface area contributed by atoms with Gasteiger partial charge in [0.15, 0.2) is 0 Å². The Hall–Kier alpha value is -0.320. The summed E-state index contributed by atoms with van der Waals surface area (Å²) in [6, 6.07) is 0. The highest BCUT2D eigenvalue weighted by atomic mass is 35.5. The molecule has 1 atom stereocenters. The number of ether oxygens (including phenoxy) is 1. The van der Waals surface area contributed by atoms with Crippen LogP contribution in [0.2, 0.25) is 0 Å². The summed E-state index contributed by atoms with van der Waals surface area (Å²) in [5, 5.41) is 6.20. The van der Waals surface area contributed by atoms with Crippen LogP contribution in [0.1, 0.15) is 19.8 Å². The van der Waals surface area contributed by atoms with Crippen LogP contribution in [0, 0.1) is 5.92 Å². The van der Waals surface area contributed by atoms with Crippen LogP contribution in [-0.4, -0.2) is 38.8 Å². The molecule has 90 valence electrons. The molecule has 15 heavy (non-hydrogen) atoms. The molecule has 1 amide bonds. The van der Waals surface area contributed by atoms with Gasteiger partial charge < -0.3 is 15.4 Å². The van der Waals surface area contributed by atoms with Gasteiger partial charge in [0.2, 0.25) is 5.91 Å². The SMILES string of the molecule is CCOCC(=O)NCC1CCCNC1.Cl. The average molecular weight is 237 g/mol. The number of carbonyl (C=O) groups is 1. The number of hydrogen-bond donors (Lipinski definition) is 2. The molecule has 0 bridgehead atoms. The van der Waals surface area contributed by atoms with E-state index >= 15 is 0 Å². The van der Waals surface area contributed by atoms with Gasteiger partial charge in [0.1, 0.15) is 6.61 Å². The number of halogens is 1. The summed E-state index contributed by atoms with van der Waals surface area (Å²) in [4.78, 5) is 11.2. The highest BCUT2D eigenvalue weighted by Crippen LogP contribution is 2.07. The zero-order chi connectivity index (χ0) is 10.2. The van der Waals surface area contributed by atoms with Crippen molar-refractivity contribution in [1.82, 2.24) is 10.6 Å². The molecule has 5 heteroatoms. The number of hydrogen-bond acceptors (Lipinski definition) is 3. The molecule has 4 nitrogen and oxygen atoms in total. The lowest BCUT2D eigenvalue weighted by Crippen LogP contribution is -2.39. The quantitative estimate of drug-likeness (QED) is 0.734. The van der Waals surface area contributed by atoms with Crippen molar-refractivity contribution in [3.8, 4) is 0 Å². The standard InChI is InChI=1S/C10H20N2O2.ClH/c1-2-14-8-10(13)12-7-9-4-3-5-11-6-9;/h9,11H,2-8H2,1H3,(H,12,13);1H. The second-order valence-corrected chi connectivity index (χ2v) is 3.65. The van der Waals surface area contributed by atoms with Crippen LogP contribution < -0.4 is 10.6 Å². The van der Waals surface area contributed by atoms with Crippen LogP contribution in [0.3, 0.4) is 0 Å². The van der Waals surface area contributed by atoms with Gasteiger partial charge in [0.05, 0.1) is 0 Å². The second-order valence-electron chi connectivity index (χ2n) is 3.65. The molecule has 0 radical (unpaired) electrons. The van der Waals surface area contributed by atoms with Gasteiger partial charge in [-0.2, -0.15) is 0 Å². The zero-order valence-corrected chi connectivity index (χ0v) is 10.1. The second kappa shape index (κ2) is 8.95. The van der Waals surface area contributed by atoms with E-state index in [-0.39, 0.29) is 24.9 Å². The molecule has 0 aromatic rings. The van der Waals surface area contributed by atoms with Crippen molar-refractivity contribution < 1.29 is 9.53 Å². The van der Waals surface area contributed by atoms with Crippen LogP contribution in [-0.2, 0) is 9.53 Å². The Balaban J connectivity index is 0.00000196. The van der Waals surface area contributed by atoms with Crippen LogP contribution in [0.5, 0.6) is 0 Å². The zero-order valence-electron chi connectivity index (χ0n) is 9.25. The maximum Gasteiger partial charge on any atom is 0.246 e. The largest absolute Gasteiger partial charge is 0.372 e. The van der Waals surface area contributed by atoms with Crippen LogP contribution >= 0.6 is 12.4 Å². The van der Waals surface area contributed by atoms with E-state index in [1.165, 1.54) is 12.8 Å². The summed E-state index contributed by atoms with van der Waals surface area (Å²) >= 11 is 0. The lowest BCUT2D eigenvalue weighted by atomic mass is 10.00. The predicted molar refractivity (Wildman–Crippen MR) is 62.3 cm³/mol. The monoisotopic (exact) mass is 236 g/mol. The first-order valence-electron chi connectivity index (χ1n) is 5.38. The molecule has 1 aliphatic heterocycles. The van der Waals surface area contributed by atoms with Crippen LogP contribution in [0.25, 0.3) is 0 Å². The molecule has 0 saturated carbocycles. The van der Waals surface area contributed by atoms with Crippen molar-refractivity contribution in [2.45, 2.75) is 19.8 Å².